The first-order valence-corrected chi connectivity index (χ1v) is 9.97. The number of benzene rings is 2. The molecular weight excluding hydrogens is 368 g/mol. The first-order valence-electron chi connectivity index (χ1n) is 7.83. The zero-order valence-corrected chi connectivity index (χ0v) is 15.2. The summed E-state index contributed by atoms with van der Waals surface area (Å²) >= 11 is 1.29. The smallest absolute Gasteiger partial charge is 0.275 e. The van der Waals surface area contributed by atoms with Gasteiger partial charge in [-0.1, -0.05) is 41.7 Å². The third-order valence-corrected chi connectivity index (χ3v) is 5.88. The molecule has 1 N–H and O–H groups in total. The zero-order chi connectivity index (χ0) is 17.9. The van der Waals surface area contributed by atoms with E-state index in [0.29, 0.717) is 15.8 Å². The summed E-state index contributed by atoms with van der Waals surface area (Å²) in [6.45, 7) is 0. The highest BCUT2D eigenvalue weighted by Crippen LogP contribution is 2.23. The second-order valence-corrected chi connectivity index (χ2v) is 7.92. The van der Waals surface area contributed by atoms with Crippen LogP contribution in [0.4, 0.5) is 10.8 Å². The van der Waals surface area contributed by atoms with Crippen LogP contribution in [-0.4, -0.2) is 18.8 Å². The maximum absolute atomic E-state index is 12.5. The van der Waals surface area contributed by atoms with Crippen LogP contribution in [0.3, 0.4) is 0 Å². The van der Waals surface area contributed by atoms with Gasteiger partial charge in [-0.25, -0.2) is 4.98 Å². The molecule has 0 saturated carbocycles. The quantitative estimate of drug-likeness (QED) is 0.574. The molecule has 8 heteroatoms. The molecule has 2 aromatic heterocycles. The van der Waals surface area contributed by atoms with Crippen molar-refractivity contribution in [1.29, 1.82) is 0 Å². The van der Waals surface area contributed by atoms with Crippen molar-refractivity contribution in [2.45, 2.75) is 10.6 Å². The molecule has 2 heterocycles. The van der Waals surface area contributed by atoms with Gasteiger partial charge < -0.3 is 5.32 Å². The number of anilines is 2. The minimum Gasteiger partial charge on any atom is -0.330 e. The topological polar surface area (TPSA) is 76.4 Å². The molecular formula is C18H14N4O2S2. The summed E-state index contributed by atoms with van der Waals surface area (Å²) in [6, 6.07) is 18.4. The molecule has 0 saturated heterocycles. The predicted octanol–water partition coefficient (Wildman–Crippen LogP) is 3.20. The molecule has 4 aromatic rings. The number of fused-ring (bicyclic) bond motifs is 1. The zero-order valence-electron chi connectivity index (χ0n) is 13.5. The average Bonchev–Trinajstić information content (AvgIpc) is 3.07. The van der Waals surface area contributed by atoms with Gasteiger partial charge in [-0.2, -0.15) is 4.52 Å². The van der Waals surface area contributed by atoms with Gasteiger partial charge in [0.2, 0.25) is 10.1 Å². The van der Waals surface area contributed by atoms with Crippen LogP contribution in [0, 0.1) is 0 Å². The van der Waals surface area contributed by atoms with Crippen LogP contribution >= 0.6 is 11.3 Å². The van der Waals surface area contributed by atoms with Crippen LogP contribution in [-0.2, 0) is 16.6 Å². The lowest BCUT2D eigenvalue weighted by Crippen LogP contribution is -2.12. The number of nitrogens with one attached hydrogen (secondary N) is 1. The van der Waals surface area contributed by atoms with Gasteiger partial charge in [-0.15, -0.1) is 5.10 Å². The van der Waals surface area contributed by atoms with E-state index < -0.39 is 10.8 Å². The summed E-state index contributed by atoms with van der Waals surface area (Å²) in [5, 5.41) is 7.99. The van der Waals surface area contributed by atoms with Gasteiger partial charge in [0.1, 0.15) is 0 Å². The Labute approximate surface area is 155 Å². The van der Waals surface area contributed by atoms with E-state index in [0.717, 1.165) is 16.1 Å². The predicted molar refractivity (Wildman–Crippen MR) is 103 cm³/mol. The fraction of sp³-hybridized carbons (Fsp3) is 0.0556. The molecule has 1 atom stereocenters. The summed E-state index contributed by atoms with van der Waals surface area (Å²) in [4.78, 5) is 17.2. The lowest BCUT2D eigenvalue weighted by molar-refractivity contribution is 0.682. The van der Waals surface area contributed by atoms with Crippen molar-refractivity contribution in [3.05, 3.63) is 82.8 Å². The molecule has 0 aliphatic rings. The highest BCUT2D eigenvalue weighted by atomic mass is 32.2. The Balaban J connectivity index is 1.54. The number of hydrogen-bond donors (Lipinski definition) is 1. The van der Waals surface area contributed by atoms with E-state index in [1.807, 2.05) is 54.6 Å². The molecule has 6 nitrogen and oxygen atoms in total. The number of aromatic nitrogens is 3. The monoisotopic (exact) mass is 382 g/mol. The Hall–Kier alpha value is -2.84. The van der Waals surface area contributed by atoms with Crippen molar-refractivity contribution < 1.29 is 4.21 Å². The van der Waals surface area contributed by atoms with Crippen molar-refractivity contribution in [2.24, 2.45) is 0 Å². The fourth-order valence-corrected chi connectivity index (χ4v) is 4.37. The van der Waals surface area contributed by atoms with Crippen LogP contribution in [0.5, 0.6) is 0 Å². The minimum absolute atomic E-state index is 0.216. The van der Waals surface area contributed by atoms with E-state index in [1.54, 1.807) is 0 Å². The van der Waals surface area contributed by atoms with Gasteiger partial charge >= 0.3 is 0 Å². The molecule has 130 valence electrons. The molecule has 0 aliphatic carbocycles. The molecule has 0 radical (unpaired) electrons. The second-order valence-electron chi connectivity index (χ2n) is 5.51. The SMILES string of the molecule is O=c1ccnc2sc(Nc3cccc(CS(=O)c4ccccc4)c3)nn12. The lowest BCUT2D eigenvalue weighted by Gasteiger charge is -2.06. The third-order valence-electron chi connectivity index (χ3n) is 3.65. The maximum atomic E-state index is 12.5. The molecule has 1 unspecified atom stereocenters. The molecule has 4 rings (SSSR count). The van der Waals surface area contributed by atoms with E-state index in [4.69, 9.17) is 0 Å². The Morgan fingerprint density at radius 3 is 2.73 bits per heavy atom. The molecule has 0 amide bonds. The maximum Gasteiger partial charge on any atom is 0.275 e. The van der Waals surface area contributed by atoms with Crippen molar-refractivity contribution in [2.75, 3.05) is 5.32 Å². The standard InChI is InChI=1S/C18H14N4O2S2/c23-16-9-10-19-18-22(16)21-17(25-18)20-14-6-4-5-13(11-14)12-26(24)15-7-2-1-3-8-15/h1-11H,12H2,(H,20,21). The summed E-state index contributed by atoms with van der Waals surface area (Å²) in [6.07, 6.45) is 1.47. The molecule has 0 bridgehead atoms. The van der Waals surface area contributed by atoms with Crippen molar-refractivity contribution in [1.82, 2.24) is 14.6 Å². The molecule has 2 aromatic carbocycles. The molecule has 0 fully saturated rings. The van der Waals surface area contributed by atoms with E-state index in [2.05, 4.69) is 15.4 Å². The van der Waals surface area contributed by atoms with E-state index >= 15 is 0 Å². The average molecular weight is 382 g/mol. The van der Waals surface area contributed by atoms with Crippen molar-refractivity contribution in [3.63, 3.8) is 0 Å². The fourth-order valence-electron chi connectivity index (χ4n) is 2.46. The third kappa shape index (κ3) is 3.56. The van der Waals surface area contributed by atoms with Crippen LogP contribution in [0.1, 0.15) is 5.56 Å². The van der Waals surface area contributed by atoms with Crippen molar-refractivity contribution in [3.8, 4) is 0 Å². The van der Waals surface area contributed by atoms with Crippen molar-refractivity contribution >= 4 is 37.9 Å². The van der Waals surface area contributed by atoms with Gasteiger partial charge in [-0.3, -0.25) is 9.00 Å². The number of hydrogen-bond acceptors (Lipinski definition) is 6. The normalized spacial score (nSPS) is 12.2. The summed E-state index contributed by atoms with van der Waals surface area (Å²) in [7, 11) is -1.10. The summed E-state index contributed by atoms with van der Waals surface area (Å²) in [5.74, 6) is 0.431. The Morgan fingerprint density at radius 2 is 1.92 bits per heavy atom. The Bertz CT molecular complexity index is 1140. The highest BCUT2D eigenvalue weighted by Gasteiger charge is 2.08. The first-order chi connectivity index (χ1) is 12.7. The van der Waals surface area contributed by atoms with Gasteiger partial charge in [0.05, 0.1) is 16.6 Å². The van der Waals surface area contributed by atoms with Gasteiger partial charge in [0, 0.05) is 22.8 Å². The summed E-state index contributed by atoms with van der Waals surface area (Å²) < 4.78 is 13.7. The van der Waals surface area contributed by atoms with Crippen LogP contribution < -0.4 is 10.9 Å². The van der Waals surface area contributed by atoms with Gasteiger partial charge in [0.15, 0.2) is 0 Å². The number of rotatable bonds is 5. The van der Waals surface area contributed by atoms with Crippen LogP contribution in [0.15, 0.2) is 76.6 Å². The van der Waals surface area contributed by atoms with Crippen LogP contribution in [0.2, 0.25) is 0 Å². The lowest BCUT2D eigenvalue weighted by atomic mass is 10.2. The van der Waals surface area contributed by atoms with E-state index in [-0.39, 0.29) is 5.56 Å². The van der Waals surface area contributed by atoms with Crippen LogP contribution in [0.25, 0.3) is 4.96 Å². The molecule has 0 aliphatic heterocycles. The Morgan fingerprint density at radius 1 is 1.08 bits per heavy atom. The van der Waals surface area contributed by atoms with E-state index in [9.17, 15) is 9.00 Å². The molecule has 26 heavy (non-hydrogen) atoms. The molecule has 0 spiro atoms. The number of nitrogens with zero attached hydrogens (tertiary/aromatic N) is 3. The van der Waals surface area contributed by atoms with Gasteiger partial charge in [0.25, 0.3) is 5.56 Å². The minimum atomic E-state index is -1.10. The van der Waals surface area contributed by atoms with E-state index in [1.165, 1.54) is 28.1 Å². The van der Waals surface area contributed by atoms with Gasteiger partial charge in [-0.05, 0) is 29.8 Å². The second kappa shape index (κ2) is 7.19. The highest BCUT2D eigenvalue weighted by molar-refractivity contribution is 7.84. The summed E-state index contributed by atoms with van der Waals surface area (Å²) in [5.41, 5.74) is 1.56. The Kier molecular flexibility index (Phi) is 4.59. The largest absolute Gasteiger partial charge is 0.330 e. The first kappa shape index (κ1) is 16.6.